The lowest BCUT2D eigenvalue weighted by Crippen LogP contribution is -2.44. The Kier molecular flexibility index (Phi) is 6.80. The zero-order valence-corrected chi connectivity index (χ0v) is 14.2. The van der Waals surface area contributed by atoms with Gasteiger partial charge >= 0.3 is 0 Å². The summed E-state index contributed by atoms with van der Waals surface area (Å²) in [6, 6.07) is 6.73. The van der Waals surface area contributed by atoms with E-state index in [1.54, 1.807) is 6.92 Å². The minimum absolute atomic E-state index is 0.0660. The maximum Gasteiger partial charge on any atom is 0.217 e. The highest BCUT2D eigenvalue weighted by molar-refractivity contribution is 5.73. The molecule has 3 rings (SSSR count). The summed E-state index contributed by atoms with van der Waals surface area (Å²) in [6.07, 6.45) is 4.98. The summed E-state index contributed by atoms with van der Waals surface area (Å²) in [4.78, 5) is 19.8. The average Bonchev–Trinajstić information content (AvgIpc) is 2.92. The van der Waals surface area contributed by atoms with E-state index in [-0.39, 0.29) is 5.91 Å². The summed E-state index contributed by atoms with van der Waals surface area (Å²) in [7, 11) is 2.10. The number of carbonyl (C=O) groups excluding carboxylic acids is 1. The number of likely N-dealkylation sites (N-methyl/N-ethyl adjacent to an activating group) is 1. The highest BCUT2D eigenvalue weighted by Crippen LogP contribution is 2.16. The Balaban J connectivity index is 0.000000229. The van der Waals surface area contributed by atoms with Crippen molar-refractivity contribution < 1.29 is 4.79 Å². The van der Waals surface area contributed by atoms with Crippen molar-refractivity contribution in [3.05, 3.63) is 24.4 Å². The molecule has 0 aliphatic carbocycles. The molecule has 1 atom stereocenters. The van der Waals surface area contributed by atoms with Gasteiger partial charge in [-0.1, -0.05) is 6.07 Å². The molecule has 2 aliphatic heterocycles. The lowest BCUT2D eigenvalue weighted by Gasteiger charge is -2.32. The number of aromatic nitrogens is 1. The lowest BCUT2D eigenvalue weighted by atomic mass is 10.1. The van der Waals surface area contributed by atoms with Gasteiger partial charge in [0, 0.05) is 44.8 Å². The Labute approximate surface area is 139 Å². The van der Waals surface area contributed by atoms with Gasteiger partial charge in [0.15, 0.2) is 0 Å². The first-order valence-corrected chi connectivity index (χ1v) is 8.42. The van der Waals surface area contributed by atoms with Gasteiger partial charge in [0.1, 0.15) is 5.82 Å². The molecule has 6 nitrogen and oxygen atoms in total. The summed E-state index contributed by atoms with van der Waals surface area (Å²) in [5.41, 5.74) is 5.58. The van der Waals surface area contributed by atoms with Gasteiger partial charge in [-0.2, -0.15) is 0 Å². The zero-order chi connectivity index (χ0) is 16.7. The number of carbonyl (C=O) groups is 1. The zero-order valence-electron chi connectivity index (χ0n) is 14.2. The quantitative estimate of drug-likeness (QED) is 0.845. The number of piperidine rings is 1. The van der Waals surface area contributed by atoms with Crippen LogP contribution >= 0.6 is 0 Å². The topological polar surface area (TPSA) is 74.5 Å². The van der Waals surface area contributed by atoms with E-state index in [9.17, 15) is 4.79 Å². The van der Waals surface area contributed by atoms with E-state index in [2.05, 4.69) is 27.1 Å². The van der Waals surface area contributed by atoms with Gasteiger partial charge in [-0.05, 0) is 45.0 Å². The summed E-state index contributed by atoms with van der Waals surface area (Å²) >= 11 is 0. The summed E-state index contributed by atoms with van der Waals surface area (Å²) in [5.74, 6) is 1.10. The summed E-state index contributed by atoms with van der Waals surface area (Å²) < 4.78 is 0. The van der Waals surface area contributed by atoms with E-state index in [0.717, 1.165) is 38.3 Å². The van der Waals surface area contributed by atoms with E-state index < -0.39 is 0 Å². The van der Waals surface area contributed by atoms with Crippen LogP contribution in [-0.2, 0) is 4.79 Å². The Bertz CT molecular complexity index is 465. The number of anilines is 1. The van der Waals surface area contributed by atoms with Gasteiger partial charge in [-0.3, -0.25) is 4.79 Å². The van der Waals surface area contributed by atoms with Crippen molar-refractivity contribution >= 4 is 11.7 Å². The van der Waals surface area contributed by atoms with E-state index in [4.69, 9.17) is 5.73 Å². The highest BCUT2D eigenvalue weighted by Gasteiger charge is 2.20. The third kappa shape index (κ3) is 6.15. The second-order valence-corrected chi connectivity index (χ2v) is 6.46. The summed E-state index contributed by atoms with van der Waals surface area (Å²) in [6.45, 7) is 5.76. The number of likely N-dealkylation sites (tertiary alicyclic amines) is 1. The van der Waals surface area contributed by atoms with Crippen LogP contribution < -0.4 is 16.0 Å². The van der Waals surface area contributed by atoms with Crippen molar-refractivity contribution in [3.8, 4) is 0 Å². The fraction of sp³-hybridized carbons (Fsp3) is 0.647. The Morgan fingerprint density at radius 2 is 2.00 bits per heavy atom. The maximum absolute atomic E-state index is 10.9. The molecule has 1 amide bonds. The Hall–Kier alpha value is -1.66. The average molecular weight is 319 g/mol. The van der Waals surface area contributed by atoms with E-state index in [1.807, 2.05) is 24.4 Å². The van der Waals surface area contributed by atoms with Crippen LogP contribution in [0.2, 0.25) is 0 Å². The van der Waals surface area contributed by atoms with E-state index in [1.165, 1.54) is 13.0 Å². The van der Waals surface area contributed by atoms with E-state index >= 15 is 0 Å². The first-order valence-electron chi connectivity index (χ1n) is 8.42. The fourth-order valence-electron chi connectivity index (χ4n) is 3.05. The molecule has 0 spiro atoms. The number of nitrogens with two attached hydrogens (primary N) is 1. The molecule has 2 saturated heterocycles. The minimum atomic E-state index is 0.0660. The number of hydrogen-bond acceptors (Lipinski definition) is 5. The number of rotatable bonds is 2. The smallest absolute Gasteiger partial charge is 0.217 e. The van der Waals surface area contributed by atoms with Crippen LogP contribution in [0.15, 0.2) is 24.4 Å². The fourth-order valence-corrected chi connectivity index (χ4v) is 3.05. The van der Waals surface area contributed by atoms with Crippen LogP contribution in [0.4, 0.5) is 5.82 Å². The molecule has 2 fully saturated rings. The monoisotopic (exact) mass is 319 g/mol. The van der Waals surface area contributed by atoms with Crippen molar-refractivity contribution in [2.45, 2.75) is 38.3 Å². The Morgan fingerprint density at radius 1 is 1.26 bits per heavy atom. The van der Waals surface area contributed by atoms with Gasteiger partial charge in [-0.15, -0.1) is 0 Å². The van der Waals surface area contributed by atoms with Gasteiger partial charge in [0.2, 0.25) is 5.91 Å². The number of amides is 1. The first kappa shape index (κ1) is 17.7. The van der Waals surface area contributed by atoms with Crippen molar-refractivity contribution in [1.82, 2.24) is 15.2 Å². The molecule has 6 heteroatoms. The molecule has 1 unspecified atom stereocenters. The minimum Gasteiger partial charge on any atom is -0.356 e. The number of nitrogens with zero attached hydrogens (tertiary/aromatic N) is 3. The molecule has 0 saturated carbocycles. The first-order chi connectivity index (χ1) is 11.0. The predicted molar refractivity (Wildman–Crippen MR) is 93.4 cm³/mol. The SMILES string of the molecule is CC(=O)NC1CCN(c2ccccn2)CC1.CN1CCC(N)C1. The van der Waals surface area contributed by atoms with Crippen LogP contribution in [0, 0.1) is 0 Å². The van der Waals surface area contributed by atoms with Crippen LogP contribution in [-0.4, -0.2) is 61.1 Å². The van der Waals surface area contributed by atoms with Crippen molar-refractivity contribution in [1.29, 1.82) is 0 Å². The Morgan fingerprint density at radius 3 is 2.43 bits per heavy atom. The number of hydrogen-bond donors (Lipinski definition) is 2. The molecular weight excluding hydrogens is 290 g/mol. The standard InChI is InChI=1S/C12H17N3O.C5H12N2/c1-10(16)14-11-5-8-15(9-6-11)12-4-2-3-7-13-12;1-7-3-2-5(6)4-7/h2-4,7,11H,5-6,8-9H2,1H3,(H,14,16);5H,2-4,6H2,1H3. The molecule has 23 heavy (non-hydrogen) atoms. The second kappa shape index (κ2) is 8.84. The molecule has 1 aromatic heterocycles. The third-order valence-corrected chi connectivity index (χ3v) is 4.30. The molecule has 128 valence electrons. The molecule has 3 heterocycles. The van der Waals surface area contributed by atoms with Crippen LogP contribution in [0.25, 0.3) is 0 Å². The second-order valence-electron chi connectivity index (χ2n) is 6.46. The predicted octanol–water partition coefficient (Wildman–Crippen LogP) is 0.836. The highest BCUT2D eigenvalue weighted by atomic mass is 16.1. The maximum atomic E-state index is 10.9. The summed E-state index contributed by atoms with van der Waals surface area (Å²) in [5, 5.41) is 2.97. The molecule has 2 aliphatic rings. The number of nitrogens with one attached hydrogen (secondary N) is 1. The van der Waals surface area contributed by atoms with Crippen molar-refractivity contribution in [3.63, 3.8) is 0 Å². The molecule has 3 N–H and O–H groups in total. The molecule has 0 radical (unpaired) electrons. The third-order valence-electron chi connectivity index (χ3n) is 4.30. The van der Waals surface area contributed by atoms with Crippen LogP contribution in [0.3, 0.4) is 0 Å². The lowest BCUT2D eigenvalue weighted by molar-refractivity contribution is -0.119. The molecule has 1 aromatic rings. The van der Waals surface area contributed by atoms with Gasteiger partial charge in [0.25, 0.3) is 0 Å². The normalized spacial score (nSPS) is 22.4. The number of pyridine rings is 1. The van der Waals surface area contributed by atoms with Gasteiger partial charge in [0.05, 0.1) is 0 Å². The van der Waals surface area contributed by atoms with Crippen LogP contribution in [0.5, 0.6) is 0 Å². The van der Waals surface area contributed by atoms with E-state index in [0.29, 0.717) is 12.1 Å². The van der Waals surface area contributed by atoms with Gasteiger partial charge in [-0.25, -0.2) is 4.98 Å². The van der Waals surface area contributed by atoms with Gasteiger partial charge < -0.3 is 20.9 Å². The largest absolute Gasteiger partial charge is 0.356 e. The molecule has 0 aromatic carbocycles. The van der Waals surface area contributed by atoms with Crippen LogP contribution in [0.1, 0.15) is 26.2 Å². The molecule has 0 bridgehead atoms. The molecular formula is C17H29N5O. The van der Waals surface area contributed by atoms with Crippen molar-refractivity contribution in [2.75, 3.05) is 38.1 Å². The van der Waals surface area contributed by atoms with Crippen molar-refractivity contribution in [2.24, 2.45) is 5.73 Å².